The predicted octanol–water partition coefficient (Wildman–Crippen LogP) is 4.04. The van der Waals surface area contributed by atoms with Crippen molar-refractivity contribution >= 4 is 0 Å². The third kappa shape index (κ3) is 2.82. The second kappa shape index (κ2) is 5.44. The van der Waals surface area contributed by atoms with Crippen molar-refractivity contribution < 1.29 is 20.4 Å². The summed E-state index contributed by atoms with van der Waals surface area (Å²) in [7, 11) is 0. The van der Waals surface area contributed by atoms with Crippen LogP contribution in [0.2, 0.25) is 0 Å². The molecule has 0 aliphatic heterocycles. The van der Waals surface area contributed by atoms with E-state index >= 15 is 0 Å². The van der Waals surface area contributed by atoms with Crippen molar-refractivity contribution in [2.24, 2.45) is 0 Å². The fourth-order valence-electron chi connectivity index (χ4n) is 2.43. The number of aryl methyl sites for hydroxylation is 1. The Labute approximate surface area is 130 Å². The molecule has 0 heterocycles. The molecule has 0 atom stereocenters. The minimum Gasteiger partial charge on any atom is -0.507 e. The molecular formula is C18H22O4. The van der Waals surface area contributed by atoms with Crippen molar-refractivity contribution in [3.05, 3.63) is 35.4 Å². The maximum absolute atomic E-state index is 10.3. The first-order valence-corrected chi connectivity index (χ1v) is 7.26. The molecule has 0 radical (unpaired) electrons. The lowest BCUT2D eigenvalue weighted by Gasteiger charge is -2.21. The number of benzene rings is 2. The summed E-state index contributed by atoms with van der Waals surface area (Å²) in [6, 6.07) is 6.13. The largest absolute Gasteiger partial charge is 0.507 e. The van der Waals surface area contributed by atoms with Crippen LogP contribution in [0.1, 0.15) is 38.8 Å². The van der Waals surface area contributed by atoms with Gasteiger partial charge in [-0.25, -0.2) is 0 Å². The van der Waals surface area contributed by atoms with Crippen LogP contribution in [0.4, 0.5) is 0 Å². The van der Waals surface area contributed by atoms with Crippen LogP contribution in [-0.2, 0) is 11.8 Å². The highest BCUT2D eigenvalue weighted by Gasteiger charge is 2.23. The molecule has 0 aliphatic rings. The molecule has 0 spiro atoms. The van der Waals surface area contributed by atoms with Gasteiger partial charge in [0.15, 0.2) is 0 Å². The van der Waals surface area contributed by atoms with Gasteiger partial charge in [0.2, 0.25) is 0 Å². The van der Waals surface area contributed by atoms with E-state index in [4.69, 9.17) is 0 Å². The predicted molar refractivity (Wildman–Crippen MR) is 86.6 cm³/mol. The minimum atomic E-state index is -0.246. The Bertz CT molecular complexity index is 666. The molecule has 0 aliphatic carbocycles. The van der Waals surface area contributed by atoms with Gasteiger partial charge in [0.05, 0.1) is 11.1 Å². The molecule has 22 heavy (non-hydrogen) atoms. The molecule has 0 aromatic heterocycles. The highest BCUT2D eigenvalue weighted by atomic mass is 16.3. The zero-order valence-electron chi connectivity index (χ0n) is 13.3. The van der Waals surface area contributed by atoms with Crippen molar-refractivity contribution in [3.63, 3.8) is 0 Å². The van der Waals surface area contributed by atoms with Gasteiger partial charge in [-0.15, -0.1) is 0 Å². The summed E-state index contributed by atoms with van der Waals surface area (Å²) in [4.78, 5) is 0. The number of hydrogen-bond donors (Lipinski definition) is 4. The molecule has 2 aromatic rings. The Morgan fingerprint density at radius 1 is 0.727 bits per heavy atom. The van der Waals surface area contributed by atoms with Crippen molar-refractivity contribution in [2.45, 2.75) is 39.5 Å². The van der Waals surface area contributed by atoms with Crippen molar-refractivity contribution in [3.8, 4) is 34.1 Å². The quantitative estimate of drug-likeness (QED) is 0.675. The first-order chi connectivity index (χ1) is 10.1. The Kier molecular flexibility index (Phi) is 3.96. The van der Waals surface area contributed by atoms with E-state index in [1.54, 1.807) is 12.1 Å². The number of hydrogen-bond acceptors (Lipinski definition) is 4. The Hall–Kier alpha value is -2.36. The smallest absolute Gasteiger partial charge is 0.127 e. The lowest BCUT2D eigenvalue weighted by atomic mass is 9.85. The van der Waals surface area contributed by atoms with E-state index in [2.05, 4.69) is 0 Å². The van der Waals surface area contributed by atoms with Crippen molar-refractivity contribution in [1.29, 1.82) is 0 Å². The Morgan fingerprint density at radius 3 is 1.41 bits per heavy atom. The molecule has 4 N–H and O–H groups in total. The molecular weight excluding hydrogens is 280 g/mol. The number of rotatable bonds is 2. The highest BCUT2D eigenvalue weighted by Crippen LogP contribution is 2.48. The summed E-state index contributed by atoms with van der Waals surface area (Å²) >= 11 is 0. The van der Waals surface area contributed by atoms with Gasteiger partial charge in [0.25, 0.3) is 0 Å². The lowest BCUT2D eigenvalue weighted by Crippen LogP contribution is -2.10. The standard InChI is InChI=1S/C18H22O4/c1-5-10-6-12(19)16(13(20)7-10)17-14(21)8-11(9-15(17)22)18(2,3)4/h6-9,19-22H,5H2,1-4H3. The molecule has 0 saturated carbocycles. The van der Waals surface area contributed by atoms with Gasteiger partial charge in [0, 0.05) is 0 Å². The number of aromatic hydroxyl groups is 4. The molecule has 0 fully saturated rings. The zero-order valence-corrected chi connectivity index (χ0v) is 13.3. The summed E-state index contributed by atoms with van der Waals surface area (Å²) < 4.78 is 0. The van der Waals surface area contributed by atoms with E-state index in [1.165, 1.54) is 12.1 Å². The van der Waals surface area contributed by atoms with Crippen molar-refractivity contribution in [2.75, 3.05) is 0 Å². The molecule has 4 nitrogen and oxygen atoms in total. The van der Waals surface area contributed by atoms with Crippen LogP contribution in [0.3, 0.4) is 0 Å². The summed E-state index contributed by atoms with van der Waals surface area (Å²) in [6.45, 7) is 7.80. The molecule has 4 heteroatoms. The molecule has 2 aromatic carbocycles. The van der Waals surface area contributed by atoms with Crippen LogP contribution in [-0.4, -0.2) is 20.4 Å². The minimum absolute atomic E-state index is 0.0330. The SMILES string of the molecule is CCc1cc(O)c(-c2c(O)cc(C(C)(C)C)cc2O)c(O)c1. The molecule has 0 unspecified atom stereocenters. The van der Waals surface area contributed by atoms with E-state index in [9.17, 15) is 20.4 Å². The van der Waals surface area contributed by atoms with Crippen LogP contribution in [0.25, 0.3) is 11.1 Å². The van der Waals surface area contributed by atoms with E-state index in [0.717, 1.165) is 11.1 Å². The van der Waals surface area contributed by atoms with Gasteiger partial charge in [-0.2, -0.15) is 0 Å². The molecule has 0 bridgehead atoms. The summed E-state index contributed by atoms with van der Waals surface area (Å²) in [5, 5.41) is 40.9. The Morgan fingerprint density at radius 2 is 1.09 bits per heavy atom. The fraction of sp³-hybridized carbons (Fsp3) is 0.333. The van der Waals surface area contributed by atoms with Gasteiger partial charge < -0.3 is 20.4 Å². The summed E-state index contributed by atoms with van der Waals surface area (Å²) in [5.41, 5.74) is 1.35. The van der Waals surface area contributed by atoms with E-state index in [-0.39, 0.29) is 39.5 Å². The van der Waals surface area contributed by atoms with E-state index in [1.807, 2.05) is 27.7 Å². The lowest BCUT2D eigenvalue weighted by molar-refractivity contribution is 0.436. The van der Waals surface area contributed by atoms with Gasteiger partial charge in [-0.05, 0) is 47.2 Å². The highest BCUT2D eigenvalue weighted by molar-refractivity contribution is 5.85. The topological polar surface area (TPSA) is 80.9 Å². The monoisotopic (exact) mass is 302 g/mol. The maximum atomic E-state index is 10.3. The van der Waals surface area contributed by atoms with Gasteiger partial charge in [0.1, 0.15) is 23.0 Å². The molecule has 118 valence electrons. The van der Waals surface area contributed by atoms with Crippen LogP contribution in [0.15, 0.2) is 24.3 Å². The normalized spacial score (nSPS) is 11.6. The van der Waals surface area contributed by atoms with E-state index < -0.39 is 0 Å². The second-order valence-electron chi connectivity index (χ2n) is 6.50. The fourth-order valence-corrected chi connectivity index (χ4v) is 2.43. The summed E-state index contributed by atoms with van der Waals surface area (Å²) in [6.07, 6.45) is 0.655. The third-order valence-corrected chi connectivity index (χ3v) is 3.78. The number of phenolic OH excluding ortho intramolecular Hbond substituents is 4. The first-order valence-electron chi connectivity index (χ1n) is 7.26. The van der Waals surface area contributed by atoms with Gasteiger partial charge in [-0.1, -0.05) is 27.7 Å². The molecule has 2 rings (SSSR count). The zero-order chi connectivity index (χ0) is 16.7. The van der Waals surface area contributed by atoms with E-state index in [0.29, 0.717) is 6.42 Å². The second-order valence-corrected chi connectivity index (χ2v) is 6.50. The van der Waals surface area contributed by atoms with Crippen LogP contribution >= 0.6 is 0 Å². The molecule has 0 amide bonds. The Balaban J connectivity index is 2.69. The van der Waals surface area contributed by atoms with Crippen molar-refractivity contribution in [1.82, 2.24) is 0 Å². The van der Waals surface area contributed by atoms with Crippen LogP contribution < -0.4 is 0 Å². The maximum Gasteiger partial charge on any atom is 0.127 e. The van der Waals surface area contributed by atoms with Crippen LogP contribution in [0.5, 0.6) is 23.0 Å². The average Bonchev–Trinajstić information content (AvgIpc) is 2.39. The van der Waals surface area contributed by atoms with Gasteiger partial charge >= 0.3 is 0 Å². The first kappa shape index (κ1) is 16.0. The molecule has 0 saturated heterocycles. The van der Waals surface area contributed by atoms with Gasteiger partial charge in [-0.3, -0.25) is 0 Å². The third-order valence-electron chi connectivity index (χ3n) is 3.78. The summed E-state index contributed by atoms with van der Waals surface area (Å²) in [5.74, 6) is -0.712. The number of phenols is 4. The average molecular weight is 302 g/mol. The van der Waals surface area contributed by atoms with Crippen LogP contribution in [0, 0.1) is 0 Å².